The molecule has 1 N–H and O–H groups in total. The predicted octanol–water partition coefficient (Wildman–Crippen LogP) is 1.86. The quantitative estimate of drug-likeness (QED) is 0.522. The van der Waals surface area contributed by atoms with Crippen LogP contribution in [-0.2, 0) is 14.3 Å². The Bertz CT molecular complexity index is 208. The second-order valence-electron chi connectivity index (χ2n) is 4.18. The Balaban J connectivity index is 1.87. The van der Waals surface area contributed by atoms with Gasteiger partial charge in [-0.25, -0.2) is 0 Å². The van der Waals surface area contributed by atoms with Gasteiger partial charge in [0.25, 0.3) is 0 Å². The van der Waals surface area contributed by atoms with E-state index in [1.165, 1.54) is 0 Å². The van der Waals surface area contributed by atoms with Crippen LogP contribution in [-0.4, -0.2) is 43.7 Å². The molecule has 0 radical (unpaired) electrons. The lowest BCUT2D eigenvalue weighted by atomic mass is 10.1. The van der Waals surface area contributed by atoms with E-state index < -0.39 is 0 Å². The molecule has 1 fully saturated rings. The number of alkyl halides is 1. The Morgan fingerprint density at radius 1 is 1.47 bits per heavy atom. The third kappa shape index (κ3) is 7.73. The highest BCUT2D eigenvalue weighted by atomic mass is 79.9. The molecule has 1 amide bonds. The highest BCUT2D eigenvalue weighted by Gasteiger charge is 2.16. The summed E-state index contributed by atoms with van der Waals surface area (Å²) in [5, 5.41) is 3.76. The summed E-state index contributed by atoms with van der Waals surface area (Å²) in [6.45, 7) is 2.99. The van der Waals surface area contributed by atoms with Gasteiger partial charge in [0.05, 0.1) is 12.7 Å². The van der Waals surface area contributed by atoms with Crippen molar-refractivity contribution in [1.29, 1.82) is 0 Å². The van der Waals surface area contributed by atoms with Gasteiger partial charge in [0.15, 0.2) is 0 Å². The number of carbonyl (C=O) groups excluding carboxylic acids is 1. The number of rotatable bonds is 9. The normalized spacial score (nSPS) is 19.5. The average Bonchev–Trinajstić information content (AvgIpc) is 2.84. The van der Waals surface area contributed by atoms with E-state index in [-0.39, 0.29) is 5.91 Å². The van der Waals surface area contributed by atoms with Gasteiger partial charge in [0, 0.05) is 31.5 Å². The minimum atomic E-state index is 0.126. The third-order valence-electron chi connectivity index (χ3n) is 2.73. The van der Waals surface area contributed by atoms with E-state index in [4.69, 9.17) is 9.47 Å². The molecule has 1 aliphatic rings. The first-order valence-electron chi connectivity index (χ1n) is 6.35. The minimum absolute atomic E-state index is 0.126. The summed E-state index contributed by atoms with van der Waals surface area (Å²) in [5.74, 6) is 0.126. The van der Waals surface area contributed by atoms with Crippen LogP contribution < -0.4 is 5.32 Å². The van der Waals surface area contributed by atoms with Gasteiger partial charge in [0.2, 0.25) is 5.91 Å². The number of hydrogen-bond donors (Lipinski definition) is 1. The Labute approximate surface area is 112 Å². The maximum absolute atomic E-state index is 11.5. The number of amides is 1. The van der Waals surface area contributed by atoms with Crippen molar-refractivity contribution >= 4 is 21.8 Å². The number of hydrogen-bond acceptors (Lipinski definition) is 3. The van der Waals surface area contributed by atoms with Gasteiger partial charge in [-0.1, -0.05) is 15.9 Å². The van der Waals surface area contributed by atoms with Gasteiger partial charge < -0.3 is 14.8 Å². The lowest BCUT2D eigenvalue weighted by Gasteiger charge is -2.09. The summed E-state index contributed by atoms with van der Waals surface area (Å²) in [5.41, 5.74) is 0. The zero-order valence-corrected chi connectivity index (χ0v) is 11.8. The van der Waals surface area contributed by atoms with Crippen LogP contribution in [0.2, 0.25) is 0 Å². The molecule has 0 aliphatic carbocycles. The Morgan fingerprint density at radius 3 is 3.06 bits per heavy atom. The molecule has 0 spiro atoms. The summed E-state index contributed by atoms with van der Waals surface area (Å²) in [6, 6.07) is 0. The molecule has 1 atom stereocenters. The summed E-state index contributed by atoms with van der Waals surface area (Å²) in [6.07, 6.45) is 4.85. The van der Waals surface area contributed by atoms with Crippen LogP contribution in [0.4, 0.5) is 0 Å². The van der Waals surface area contributed by atoms with Crippen molar-refractivity contribution in [2.75, 3.05) is 31.7 Å². The summed E-state index contributed by atoms with van der Waals surface area (Å²) < 4.78 is 10.8. The Hall–Kier alpha value is -0.130. The van der Waals surface area contributed by atoms with E-state index in [1.807, 2.05) is 0 Å². The molecule has 1 unspecified atom stereocenters. The second kappa shape index (κ2) is 9.85. The molecule has 1 rings (SSSR count). The monoisotopic (exact) mass is 307 g/mol. The van der Waals surface area contributed by atoms with Crippen LogP contribution in [0.1, 0.15) is 32.1 Å². The topological polar surface area (TPSA) is 47.6 Å². The molecule has 0 saturated carbocycles. The van der Waals surface area contributed by atoms with E-state index in [1.54, 1.807) is 0 Å². The molecule has 0 aromatic carbocycles. The number of ether oxygens (including phenoxy) is 2. The van der Waals surface area contributed by atoms with E-state index in [2.05, 4.69) is 21.2 Å². The van der Waals surface area contributed by atoms with Crippen molar-refractivity contribution in [2.45, 2.75) is 38.2 Å². The molecule has 1 saturated heterocycles. The fraction of sp³-hybridized carbons (Fsp3) is 0.917. The third-order valence-corrected chi connectivity index (χ3v) is 3.05. The van der Waals surface area contributed by atoms with Crippen molar-refractivity contribution in [1.82, 2.24) is 5.32 Å². The molecule has 0 bridgehead atoms. The highest BCUT2D eigenvalue weighted by molar-refractivity contribution is 9.09. The molecule has 1 heterocycles. The van der Waals surface area contributed by atoms with Crippen LogP contribution in [0, 0.1) is 0 Å². The van der Waals surface area contributed by atoms with Crippen LogP contribution in [0.25, 0.3) is 0 Å². The molecular weight excluding hydrogens is 286 g/mol. The van der Waals surface area contributed by atoms with Gasteiger partial charge in [0.1, 0.15) is 0 Å². The number of carbonyl (C=O) groups is 1. The summed E-state index contributed by atoms with van der Waals surface area (Å²) >= 11 is 3.29. The lowest BCUT2D eigenvalue weighted by molar-refractivity contribution is -0.121. The minimum Gasteiger partial charge on any atom is -0.381 e. The van der Waals surface area contributed by atoms with Crippen LogP contribution in [0.5, 0.6) is 0 Å². The maximum Gasteiger partial charge on any atom is 0.220 e. The second-order valence-corrected chi connectivity index (χ2v) is 4.97. The van der Waals surface area contributed by atoms with Gasteiger partial charge in [-0.2, -0.15) is 0 Å². The first-order chi connectivity index (χ1) is 8.33. The summed E-state index contributed by atoms with van der Waals surface area (Å²) in [4.78, 5) is 11.5. The van der Waals surface area contributed by atoms with E-state index in [9.17, 15) is 4.79 Å². The molecular formula is C12H22BrNO3. The molecule has 1 aliphatic heterocycles. The SMILES string of the molecule is O=C(CCC1CCCO1)NCCCOCCBr. The van der Waals surface area contributed by atoms with E-state index >= 15 is 0 Å². The van der Waals surface area contributed by atoms with Crippen LogP contribution in [0.3, 0.4) is 0 Å². The molecule has 4 nitrogen and oxygen atoms in total. The lowest BCUT2D eigenvalue weighted by Crippen LogP contribution is -2.26. The van der Waals surface area contributed by atoms with Gasteiger partial charge in [-0.3, -0.25) is 4.79 Å². The number of halogens is 1. The standard InChI is InChI=1S/C12H22BrNO3/c13-6-10-16-8-2-7-14-12(15)5-4-11-3-1-9-17-11/h11H,1-10H2,(H,14,15). The molecule has 5 heteroatoms. The van der Waals surface area contributed by atoms with E-state index in [0.717, 1.165) is 44.2 Å². The number of nitrogens with one attached hydrogen (secondary N) is 1. The maximum atomic E-state index is 11.5. The van der Waals surface area contributed by atoms with Crippen molar-refractivity contribution < 1.29 is 14.3 Å². The zero-order chi connectivity index (χ0) is 12.3. The predicted molar refractivity (Wildman–Crippen MR) is 70.4 cm³/mol. The van der Waals surface area contributed by atoms with Crippen molar-refractivity contribution in [3.05, 3.63) is 0 Å². The van der Waals surface area contributed by atoms with E-state index in [0.29, 0.717) is 25.7 Å². The first kappa shape index (κ1) is 14.9. The summed E-state index contributed by atoms with van der Waals surface area (Å²) in [7, 11) is 0. The smallest absolute Gasteiger partial charge is 0.220 e. The van der Waals surface area contributed by atoms with Crippen LogP contribution in [0.15, 0.2) is 0 Å². The molecule has 0 aromatic rings. The van der Waals surface area contributed by atoms with Gasteiger partial charge >= 0.3 is 0 Å². The fourth-order valence-corrected chi connectivity index (χ4v) is 2.04. The zero-order valence-electron chi connectivity index (χ0n) is 10.3. The Morgan fingerprint density at radius 2 is 2.35 bits per heavy atom. The molecule has 100 valence electrons. The van der Waals surface area contributed by atoms with Gasteiger partial charge in [-0.05, 0) is 25.7 Å². The van der Waals surface area contributed by atoms with Crippen molar-refractivity contribution in [3.8, 4) is 0 Å². The van der Waals surface area contributed by atoms with Crippen molar-refractivity contribution in [3.63, 3.8) is 0 Å². The average molecular weight is 308 g/mol. The Kier molecular flexibility index (Phi) is 8.65. The van der Waals surface area contributed by atoms with Crippen molar-refractivity contribution in [2.24, 2.45) is 0 Å². The largest absolute Gasteiger partial charge is 0.381 e. The van der Waals surface area contributed by atoms with Gasteiger partial charge in [-0.15, -0.1) is 0 Å². The highest BCUT2D eigenvalue weighted by Crippen LogP contribution is 2.16. The molecule has 17 heavy (non-hydrogen) atoms. The molecule has 0 aromatic heterocycles. The fourth-order valence-electron chi connectivity index (χ4n) is 1.81. The van der Waals surface area contributed by atoms with Crippen LogP contribution >= 0.6 is 15.9 Å². The first-order valence-corrected chi connectivity index (χ1v) is 7.47.